The van der Waals surface area contributed by atoms with Crippen LogP contribution in [0.2, 0.25) is 0 Å². The Hall–Kier alpha value is -1.12. The van der Waals surface area contributed by atoms with Crippen molar-refractivity contribution in [3.8, 4) is 0 Å². The molecule has 1 N–H and O–H groups in total. The fourth-order valence-electron chi connectivity index (χ4n) is 1.77. The highest BCUT2D eigenvalue weighted by Gasteiger charge is 1.95. The molecule has 0 rings (SSSR count). The van der Waals surface area contributed by atoms with Gasteiger partial charge in [0.25, 0.3) is 0 Å². The van der Waals surface area contributed by atoms with Crippen LogP contribution in [0.25, 0.3) is 0 Å². The number of hydrazine groups is 1. The summed E-state index contributed by atoms with van der Waals surface area (Å²) < 4.78 is 0. The van der Waals surface area contributed by atoms with Gasteiger partial charge >= 0.3 is 0 Å². The molecule has 0 saturated carbocycles. The Morgan fingerprint density at radius 2 is 1.45 bits per heavy atom. The van der Waals surface area contributed by atoms with Crippen molar-refractivity contribution in [3.63, 3.8) is 0 Å². The molecule has 0 saturated heterocycles. The minimum atomic E-state index is 0.909. The van der Waals surface area contributed by atoms with Gasteiger partial charge in [0.15, 0.2) is 0 Å². The molecule has 0 radical (unpaired) electrons. The summed E-state index contributed by atoms with van der Waals surface area (Å²) in [6.07, 6.45) is 19.8. The van der Waals surface area contributed by atoms with Gasteiger partial charge in [-0.2, -0.15) is 0 Å². The highest BCUT2D eigenvalue weighted by Crippen LogP contribution is 1.97. The molecule has 114 valence electrons. The van der Waals surface area contributed by atoms with Crippen molar-refractivity contribution in [1.82, 2.24) is 10.4 Å². The van der Waals surface area contributed by atoms with Gasteiger partial charge in [-0.3, -0.25) is 5.43 Å². The predicted octanol–water partition coefficient (Wildman–Crippen LogP) is 4.64. The number of allylic oxidation sites excluding steroid dienone is 4. The zero-order valence-electron chi connectivity index (χ0n) is 13.2. The molecule has 0 fully saturated rings. The third-order valence-electron chi connectivity index (χ3n) is 3.03. The third-order valence-corrected chi connectivity index (χ3v) is 3.03. The largest absolute Gasteiger partial charge is 0.251 e. The Kier molecular flexibility index (Phi) is 15.0. The molecule has 0 aromatic rings. The highest BCUT2D eigenvalue weighted by atomic mass is 15.5. The molecule has 20 heavy (non-hydrogen) atoms. The predicted molar refractivity (Wildman–Crippen MR) is 91.6 cm³/mol. The van der Waals surface area contributed by atoms with Gasteiger partial charge < -0.3 is 0 Å². The highest BCUT2D eigenvalue weighted by molar-refractivity contribution is 4.87. The summed E-state index contributed by atoms with van der Waals surface area (Å²) in [5.41, 5.74) is 3.42. The quantitative estimate of drug-likeness (QED) is 0.282. The van der Waals surface area contributed by atoms with Crippen molar-refractivity contribution in [1.29, 1.82) is 0 Å². The van der Waals surface area contributed by atoms with Crippen LogP contribution in [0.15, 0.2) is 49.6 Å². The van der Waals surface area contributed by atoms with Gasteiger partial charge in [-0.05, 0) is 38.5 Å². The lowest BCUT2D eigenvalue weighted by molar-refractivity contribution is 0.232. The van der Waals surface area contributed by atoms with Gasteiger partial charge in [0.05, 0.1) is 0 Å². The lowest BCUT2D eigenvalue weighted by atomic mass is 10.2. The van der Waals surface area contributed by atoms with Crippen LogP contribution in [0.3, 0.4) is 0 Å². The molecule has 0 atom stereocenters. The number of likely N-dealkylation sites (N-methyl/N-ethyl adjacent to an activating group) is 1. The fraction of sp³-hybridized carbons (Fsp3) is 0.556. The summed E-state index contributed by atoms with van der Waals surface area (Å²) in [4.78, 5) is 0. The first-order chi connectivity index (χ1) is 9.85. The Bertz CT molecular complexity index is 279. The zero-order chi connectivity index (χ0) is 14.9. The molecule has 0 aliphatic rings. The topological polar surface area (TPSA) is 15.3 Å². The van der Waals surface area contributed by atoms with Gasteiger partial charge in [-0.1, -0.05) is 43.4 Å². The molecule has 0 amide bonds. The minimum Gasteiger partial charge on any atom is -0.251 e. The van der Waals surface area contributed by atoms with E-state index >= 15 is 0 Å². The van der Waals surface area contributed by atoms with E-state index < -0.39 is 0 Å². The summed E-state index contributed by atoms with van der Waals surface area (Å²) in [5.74, 6) is 0. The van der Waals surface area contributed by atoms with E-state index in [-0.39, 0.29) is 0 Å². The van der Waals surface area contributed by atoms with Crippen molar-refractivity contribution in [2.45, 2.75) is 45.4 Å². The summed E-state index contributed by atoms with van der Waals surface area (Å²) in [6.45, 7) is 12.5. The average molecular weight is 276 g/mol. The van der Waals surface area contributed by atoms with E-state index in [2.05, 4.69) is 54.8 Å². The number of hydrogen-bond donors (Lipinski definition) is 1. The Labute approximate surface area is 125 Å². The van der Waals surface area contributed by atoms with E-state index in [4.69, 9.17) is 0 Å². The summed E-state index contributed by atoms with van der Waals surface area (Å²) in [7, 11) is 0. The maximum atomic E-state index is 3.73. The second-order valence-electron chi connectivity index (χ2n) is 4.78. The maximum Gasteiger partial charge on any atom is 0.0311 e. The lowest BCUT2D eigenvalue weighted by Gasteiger charge is -2.18. The first-order valence-electron chi connectivity index (χ1n) is 7.85. The number of unbranched alkanes of at least 4 members (excludes halogenated alkanes) is 4. The molecule has 0 aliphatic carbocycles. The van der Waals surface area contributed by atoms with Crippen molar-refractivity contribution in [2.75, 3.05) is 19.6 Å². The van der Waals surface area contributed by atoms with Gasteiger partial charge in [0.2, 0.25) is 0 Å². The van der Waals surface area contributed by atoms with Crippen LogP contribution in [-0.2, 0) is 0 Å². The number of rotatable bonds is 14. The molecule has 0 aromatic heterocycles. The minimum absolute atomic E-state index is 0.909. The molecule has 0 bridgehead atoms. The first-order valence-corrected chi connectivity index (χ1v) is 7.85. The van der Waals surface area contributed by atoms with Crippen LogP contribution < -0.4 is 5.43 Å². The normalized spacial score (nSPS) is 11.7. The van der Waals surface area contributed by atoms with Crippen LogP contribution >= 0.6 is 0 Å². The van der Waals surface area contributed by atoms with E-state index in [0.29, 0.717) is 0 Å². The van der Waals surface area contributed by atoms with E-state index in [1.54, 1.807) is 0 Å². The Balaban J connectivity index is 3.60. The maximum absolute atomic E-state index is 3.73. The third kappa shape index (κ3) is 13.3. The summed E-state index contributed by atoms with van der Waals surface area (Å²) >= 11 is 0. The standard InChI is InChI=1S/C18H32N2/c1-4-7-9-11-13-15-17-19-20(6-3)18-16-14-12-10-8-5-2/h4-5,13-16,19H,1-2,6-12,17-18H2,3H3. The van der Waals surface area contributed by atoms with E-state index in [0.717, 1.165) is 45.3 Å². The lowest BCUT2D eigenvalue weighted by Crippen LogP contribution is -2.37. The molecular formula is C18H32N2. The van der Waals surface area contributed by atoms with Gasteiger partial charge in [0.1, 0.15) is 0 Å². The van der Waals surface area contributed by atoms with Gasteiger partial charge in [-0.15, -0.1) is 13.2 Å². The molecule has 2 nitrogen and oxygen atoms in total. The first kappa shape index (κ1) is 18.9. The van der Waals surface area contributed by atoms with Crippen LogP contribution in [0.1, 0.15) is 45.4 Å². The molecule has 2 heteroatoms. The molecule has 0 aromatic carbocycles. The monoisotopic (exact) mass is 276 g/mol. The van der Waals surface area contributed by atoms with E-state index in [1.807, 2.05) is 12.2 Å². The second kappa shape index (κ2) is 15.9. The Morgan fingerprint density at radius 1 is 0.850 bits per heavy atom. The number of nitrogens with zero attached hydrogens (tertiary/aromatic N) is 1. The van der Waals surface area contributed by atoms with Crippen molar-refractivity contribution < 1.29 is 0 Å². The van der Waals surface area contributed by atoms with Gasteiger partial charge in [-0.25, -0.2) is 5.01 Å². The molecule has 0 aliphatic heterocycles. The van der Waals surface area contributed by atoms with Crippen molar-refractivity contribution in [3.05, 3.63) is 49.6 Å². The zero-order valence-corrected chi connectivity index (χ0v) is 13.2. The van der Waals surface area contributed by atoms with Crippen molar-refractivity contribution in [2.24, 2.45) is 0 Å². The number of nitrogens with one attached hydrogen (secondary N) is 1. The molecule has 0 spiro atoms. The van der Waals surface area contributed by atoms with Crippen molar-refractivity contribution >= 4 is 0 Å². The summed E-state index contributed by atoms with van der Waals surface area (Å²) in [6, 6.07) is 0. The van der Waals surface area contributed by atoms with Gasteiger partial charge in [0, 0.05) is 19.6 Å². The second-order valence-corrected chi connectivity index (χ2v) is 4.78. The van der Waals surface area contributed by atoms with Crippen LogP contribution in [0, 0.1) is 0 Å². The number of hydrogen-bond acceptors (Lipinski definition) is 2. The molecule has 0 heterocycles. The summed E-state index contributed by atoms with van der Waals surface area (Å²) in [5, 5.41) is 2.23. The fourth-order valence-corrected chi connectivity index (χ4v) is 1.77. The van der Waals surface area contributed by atoms with Crippen LogP contribution in [0.5, 0.6) is 0 Å². The van der Waals surface area contributed by atoms with Crippen LogP contribution in [-0.4, -0.2) is 24.6 Å². The van der Waals surface area contributed by atoms with E-state index in [9.17, 15) is 0 Å². The Morgan fingerprint density at radius 3 is 2.00 bits per heavy atom. The van der Waals surface area contributed by atoms with E-state index in [1.165, 1.54) is 12.8 Å². The average Bonchev–Trinajstić information content (AvgIpc) is 2.47. The SMILES string of the molecule is C=CCCCC=CCNN(CC)CC=CCCCC=C. The van der Waals surface area contributed by atoms with Crippen LogP contribution in [0.4, 0.5) is 0 Å². The molecular weight excluding hydrogens is 244 g/mol. The molecule has 0 unspecified atom stereocenters. The smallest absolute Gasteiger partial charge is 0.0311 e.